The van der Waals surface area contributed by atoms with Gasteiger partial charge < -0.3 is 5.73 Å². The smallest absolute Gasteiger partial charge is 0.150 e. The van der Waals surface area contributed by atoms with Crippen molar-refractivity contribution in [1.82, 2.24) is 0 Å². The first kappa shape index (κ1) is 12.0. The Hall–Kier alpha value is -0.0900. The molecular weight excluding hydrogens is 198 g/mol. The van der Waals surface area contributed by atoms with Crippen LogP contribution in [-0.4, -0.2) is 25.5 Å². The quantitative estimate of drug-likeness (QED) is 0.761. The monoisotopic (exact) mass is 219 g/mol. The van der Waals surface area contributed by atoms with Crippen molar-refractivity contribution < 1.29 is 8.42 Å². The normalized spacial score (nSPS) is 21.3. The van der Waals surface area contributed by atoms with Crippen LogP contribution in [0.5, 0.6) is 0 Å². The lowest BCUT2D eigenvalue weighted by molar-refractivity contribution is 0.423. The SMILES string of the molecule is CCCS(=O)(=O)CCC1(N)CCCC1. The third-order valence-electron chi connectivity index (χ3n) is 3.03. The molecule has 1 aliphatic carbocycles. The summed E-state index contributed by atoms with van der Waals surface area (Å²) >= 11 is 0. The average Bonchev–Trinajstić information content (AvgIpc) is 2.50. The molecule has 1 saturated carbocycles. The fourth-order valence-electron chi connectivity index (χ4n) is 2.10. The van der Waals surface area contributed by atoms with Crippen LogP contribution in [0, 0.1) is 0 Å². The van der Waals surface area contributed by atoms with Crippen molar-refractivity contribution in [3.05, 3.63) is 0 Å². The van der Waals surface area contributed by atoms with Crippen LogP contribution in [-0.2, 0) is 9.84 Å². The molecule has 4 heteroatoms. The highest BCUT2D eigenvalue weighted by atomic mass is 32.2. The highest BCUT2D eigenvalue weighted by Gasteiger charge is 2.30. The van der Waals surface area contributed by atoms with Crippen LogP contribution in [0.2, 0.25) is 0 Å². The molecule has 0 spiro atoms. The van der Waals surface area contributed by atoms with Crippen molar-refractivity contribution in [2.75, 3.05) is 11.5 Å². The van der Waals surface area contributed by atoms with Gasteiger partial charge in [-0.1, -0.05) is 19.8 Å². The van der Waals surface area contributed by atoms with E-state index >= 15 is 0 Å². The summed E-state index contributed by atoms with van der Waals surface area (Å²) in [5.74, 6) is 0.584. The Morgan fingerprint density at radius 2 is 1.79 bits per heavy atom. The second-order valence-electron chi connectivity index (χ2n) is 4.47. The number of sulfone groups is 1. The standard InChI is InChI=1S/C10H21NO2S/c1-2-8-14(12,13)9-7-10(11)5-3-4-6-10/h2-9,11H2,1H3. The summed E-state index contributed by atoms with van der Waals surface area (Å²) in [6, 6.07) is 0. The maximum atomic E-state index is 11.5. The van der Waals surface area contributed by atoms with Crippen molar-refractivity contribution in [3.8, 4) is 0 Å². The van der Waals surface area contributed by atoms with Crippen molar-refractivity contribution in [2.24, 2.45) is 5.73 Å². The number of rotatable bonds is 5. The van der Waals surface area contributed by atoms with Crippen LogP contribution in [0.4, 0.5) is 0 Å². The minimum atomic E-state index is -2.84. The Labute approximate surface area is 87.0 Å². The summed E-state index contributed by atoms with van der Waals surface area (Å²) in [6.07, 6.45) is 5.66. The Balaban J connectivity index is 2.39. The van der Waals surface area contributed by atoms with Crippen LogP contribution in [0.1, 0.15) is 45.4 Å². The fourth-order valence-corrected chi connectivity index (χ4v) is 3.64. The minimum Gasteiger partial charge on any atom is -0.325 e. The first-order valence-corrected chi connectivity index (χ1v) is 7.29. The van der Waals surface area contributed by atoms with E-state index in [1.54, 1.807) is 0 Å². The molecular formula is C10H21NO2S. The zero-order chi connectivity index (χ0) is 10.7. The van der Waals surface area contributed by atoms with E-state index in [1.807, 2.05) is 6.92 Å². The summed E-state index contributed by atoms with van der Waals surface area (Å²) in [5.41, 5.74) is 5.92. The van der Waals surface area contributed by atoms with Crippen LogP contribution < -0.4 is 5.73 Å². The maximum Gasteiger partial charge on any atom is 0.150 e. The molecule has 1 rings (SSSR count). The molecule has 14 heavy (non-hydrogen) atoms. The Morgan fingerprint density at radius 3 is 2.29 bits per heavy atom. The van der Waals surface area contributed by atoms with Crippen molar-refractivity contribution in [1.29, 1.82) is 0 Å². The van der Waals surface area contributed by atoms with Crippen molar-refractivity contribution in [2.45, 2.75) is 51.0 Å². The summed E-state index contributed by atoms with van der Waals surface area (Å²) in [4.78, 5) is 0. The average molecular weight is 219 g/mol. The van der Waals surface area contributed by atoms with Crippen molar-refractivity contribution in [3.63, 3.8) is 0 Å². The Kier molecular flexibility index (Phi) is 3.95. The van der Waals surface area contributed by atoms with Gasteiger partial charge in [0.2, 0.25) is 0 Å². The van der Waals surface area contributed by atoms with E-state index in [0.29, 0.717) is 18.6 Å². The molecule has 0 aliphatic heterocycles. The zero-order valence-electron chi connectivity index (χ0n) is 8.96. The van der Waals surface area contributed by atoms with Gasteiger partial charge in [-0.2, -0.15) is 0 Å². The van der Waals surface area contributed by atoms with Gasteiger partial charge in [0.25, 0.3) is 0 Å². The zero-order valence-corrected chi connectivity index (χ0v) is 9.78. The summed E-state index contributed by atoms with van der Waals surface area (Å²) in [5, 5.41) is 0. The van der Waals surface area contributed by atoms with E-state index in [-0.39, 0.29) is 11.3 Å². The molecule has 2 N–H and O–H groups in total. The molecule has 0 aromatic heterocycles. The molecule has 0 aromatic rings. The third-order valence-corrected chi connectivity index (χ3v) is 4.88. The molecule has 0 aromatic carbocycles. The largest absolute Gasteiger partial charge is 0.325 e. The van der Waals surface area contributed by atoms with Crippen LogP contribution in [0.25, 0.3) is 0 Å². The molecule has 1 fully saturated rings. The Morgan fingerprint density at radius 1 is 1.21 bits per heavy atom. The van der Waals surface area contributed by atoms with Crippen molar-refractivity contribution >= 4 is 9.84 Å². The maximum absolute atomic E-state index is 11.5. The van der Waals surface area contributed by atoms with Gasteiger partial charge in [-0.05, 0) is 25.7 Å². The molecule has 1 aliphatic rings. The molecule has 0 saturated heterocycles. The molecule has 0 unspecified atom stereocenters. The first-order chi connectivity index (χ1) is 6.47. The summed E-state index contributed by atoms with van der Waals surface area (Å²) < 4.78 is 22.9. The molecule has 0 amide bonds. The predicted octanol–water partition coefficient (Wildman–Crippen LogP) is 1.47. The molecule has 0 bridgehead atoms. The second kappa shape index (κ2) is 4.62. The fraction of sp³-hybridized carbons (Fsp3) is 1.00. The van der Waals surface area contributed by atoms with E-state index in [9.17, 15) is 8.42 Å². The van der Waals surface area contributed by atoms with Gasteiger partial charge >= 0.3 is 0 Å². The molecule has 0 atom stereocenters. The van der Waals surface area contributed by atoms with Crippen LogP contribution in [0.3, 0.4) is 0 Å². The van der Waals surface area contributed by atoms with E-state index in [2.05, 4.69) is 0 Å². The second-order valence-corrected chi connectivity index (χ2v) is 6.77. The van der Waals surface area contributed by atoms with E-state index in [0.717, 1.165) is 25.7 Å². The molecule has 0 heterocycles. The number of hydrogen-bond acceptors (Lipinski definition) is 3. The lowest BCUT2D eigenvalue weighted by Crippen LogP contribution is -2.38. The highest BCUT2D eigenvalue weighted by molar-refractivity contribution is 7.91. The van der Waals surface area contributed by atoms with Gasteiger partial charge in [-0.3, -0.25) is 0 Å². The van der Waals surface area contributed by atoms with Gasteiger partial charge in [-0.15, -0.1) is 0 Å². The van der Waals surface area contributed by atoms with Gasteiger partial charge in [0.05, 0.1) is 5.75 Å². The minimum absolute atomic E-state index is 0.180. The van der Waals surface area contributed by atoms with Gasteiger partial charge in [-0.25, -0.2) is 8.42 Å². The predicted molar refractivity (Wildman–Crippen MR) is 58.9 cm³/mol. The highest BCUT2D eigenvalue weighted by Crippen LogP contribution is 2.30. The topological polar surface area (TPSA) is 60.2 Å². The molecule has 0 radical (unpaired) electrons. The van der Waals surface area contributed by atoms with Gasteiger partial charge in [0.1, 0.15) is 9.84 Å². The third kappa shape index (κ3) is 3.58. The van der Waals surface area contributed by atoms with E-state index in [4.69, 9.17) is 5.73 Å². The van der Waals surface area contributed by atoms with Gasteiger partial charge in [0.15, 0.2) is 0 Å². The lowest BCUT2D eigenvalue weighted by Gasteiger charge is -2.22. The van der Waals surface area contributed by atoms with E-state index in [1.165, 1.54) is 0 Å². The Bertz CT molecular complexity index is 266. The first-order valence-electron chi connectivity index (χ1n) is 5.47. The van der Waals surface area contributed by atoms with Crippen LogP contribution in [0.15, 0.2) is 0 Å². The number of hydrogen-bond donors (Lipinski definition) is 1. The summed E-state index contributed by atoms with van der Waals surface area (Å²) in [7, 11) is -2.84. The van der Waals surface area contributed by atoms with E-state index < -0.39 is 9.84 Å². The van der Waals surface area contributed by atoms with Crippen LogP contribution >= 0.6 is 0 Å². The number of nitrogens with two attached hydrogens (primary N) is 1. The molecule has 84 valence electrons. The summed E-state index contributed by atoms with van der Waals surface area (Å²) in [6.45, 7) is 1.89. The molecule has 3 nitrogen and oxygen atoms in total. The van der Waals surface area contributed by atoms with Gasteiger partial charge in [0, 0.05) is 11.3 Å². The lowest BCUT2D eigenvalue weighted by atomic mass is 9.96.